The van der Waals surface area contributed by atoms with Crippen LogP contribution in [0.3, 0.4) is 0 Å². The average molecular weight is 404 g/mol. The number of alkyl halides is 1. The van der Waals surface area contributed by atoms with E-state index in [4.69, 9.17) is 0 Å². The molecule has 3 aromatic rings. The van der Waals surface area contributed by atoms with Gasteiger partial charge in [0.25, 0.3) is 5.91 Å². The van der Waals surface area contributed by atoms with Crippen molar-refractivity contribution in [3.8, 4) is 0 Å². The van der Waals surface area contributed by atoms with E-state index >= 15 is 0 Å². The minimum absolute atomic E-state index is 0.0407. The largest absolute Gasteiger partial charge is 0.360 e. The number of amides is 1. The molecule has 0 saturated carbocycles. The Labute approximate surface area is 165 Å². The van der Waals surface area contributed by atoms with Gasteiger partial charge in [0, 0.05) is 32.4 Å². The second-order valence-corrected chi connectivity index (χ2v) is 7.14. The van der Waals surface area contributed by atoms with Gasteiger partial charge in [0.15, 0.2) is 5.69 Å². The van der Waals surface area contributed by atoms with Gasteiger partial charge in [0.1, 0.15) is 11.2 Å². The van der Waals surface area contributed by atoms with Gasteiger partial charge in [0.05, 0.1) is 12.7 Å². The van der Waals surface area contributed by atoms with E-state index < -0.39 is 6.17 Å². The van der Waals surface area contributed by atoms with Crippen LogP contribution in [0.1, 0.15) is 27.5 Å². The molecule has 0 aromatic carbocycles. The standard InChI is InChI=1S/C17H21FN8OS/c1-19-16(27)14-11-26(25-22-14)10-13(18)4-5-15-23-24-17(28-15)21-8-6-12-3-2-7-20-9-12/h2-3,7,9,11,13H,4-6,8,10H2,1H3,(H,19,27)(H,21,24). The van der Waals surface area contributed by atoms with Gasteiger partial charge in [-0.2, -0.15) is 0 Å². The zero-order valence-electron chi connectivity index (χ0n) is 15.4. The Morgan fingerprint density at radius 1 is 1.32 bits per heavy atom. The van der Waals surface area contributed by atoms with Crippen LogP contribution in [0, 0.1) is 0 Å². The average Bonchev–Trinajstić information content (AvgIpc) is 3.36. The van der Waals surface area contributed by atoms with Crippen molar-refractivity contribution in [2.75, 3.05) is 18.9 Å². The number of hydrogen-bond acceptors (Lipinski definition) is 8. The smallest absolute Gasteiger partial charge is 0.273 e. The quantitative estimate of drug-likeness (QED) is 0.527. The summed E-state index contributed by atoms with van der Waals surface area (Å²) in [4.78, 5) is 15.5. The zero-order valence-corrected chi connectivity index (χ0v) is 16.2. The summed E-state index contributed by atoms with van der Waals surface area (Å²) in [5.41, 5.74) is 1.31. The molecule has 3 aromatic heterocycles. The maximum absolute atomic E-state index is 14.2. The number of hydrogen-bond donors (Lipinski definition) is 2. The van der Waals surface area contributed by atoms with Gasteiger partial charge in [-0.15, -0.1) is 15.3 Å². The van der Waals surface area contributed by atoms with Crippen LogP contribution < -0.4 is 10.6 Å². The van der Waals surface area contributed by atoms with E-state index in [9.17, 15) is 9.18 Å². The summed E-state index contributed by atoms with van der Waals surface area (Å²) < 4.78 is 15.5. The summed E-state index contributed by atoms with van der Waals surface area (Å²) in [5.74, 6) is -0.348. The van der Waals surface area contributed by atoms with Gasteiger partial charge in [0.2, 0.25) is 5.13 Å². The van der Waals surface area contributed by atoms with Crippen LogP contribution in [0.4, 0.5) is 9.52 Å². The third-order valence-corrected chi connectivity index (χ3v) is 4.88. The molecule has 28 heavy (non-hydrogen) atoms. The molecular weight excluding hydrogens is 383 g/mol. The molecule has 11 heteroatoms. The third-order valence-electron chi connectivity index (χ3n) is 3.93. The van der Waals surface area contributed by atoms with E-state index in [0.717, 1.165) is 28.7 Å². The first-order valence-electron chi connectivity index (χ1n) is 8.85. The van der Waals surface area contributed by atoms with Crippen molar-refractivity contribution in [2.24, 2.45) is 0 Å². The predicted molar refractivity (Wildman–Crippen MR) is 103 cm³/mol. The second-order valence-electron chi connectivity index (χ2n) is 6.08. The first-order chi connectivity index (χ1) is 13.6. The van der Waals surface area contributed by atoms with Gasteiger partial charge in [-0.25, -0.2) is 9.07 Å². The fraction of sp³-hybridized carbons (Fsp3) is 0.412. The SMILES string of the molecule is CNC(=O)c1cn(CC(F)CCc2nnc(NCCc3cccnc3)s2)nn1. The van der Waals surface area contributed by atoms with Gasteiger partial charge in [-0.1, -0.05) is 22.6 Å². The Hall–Kier alpha value is -2.95. The van der Waals surface area contributed by atoms with Crippen LogP contribution in [-0.4, -0.2) is 55.8 Å². The fourth-order valence-corrected chi connectivity index (χ4v) is 3.26. The first-order valence-corrected chi connectivity index (χ1v) is 9.67. The molecular formula is C17H21FN8OS. The molecule has 0 bridgehead atoms. The summed E-state index contributed by atoms with van der Waals surface area (Å²) in [7, 11) is 1.50. The first kappa shape index (κ1) is 19.8. The summed E-state index contributed by atoms with van der Waals surface area (Å²) in [6.07, 6.45) is 5.51. The number of aromatic nitrogens is 6. The minimum atomic E-state index is -1.12. The molecule has 1 atom stereocenters. The number of nitrogens with zero attached hydrogens (tertiary/aromatic N) is 6. The van der Waals surface area contributed by atoms with E-state index in [1.54, 1.807) is 6.20 Å². The van der Waals surface area contributed by atoms with Crippen LogP contribution in [0.5, 0.6) is 0 Å². The maximum Gasteiger partial charge on any atom is 0.273 e. The van der Waals surface area contributed by atoms with Crippen LogP contribution >= 0.6 is 11.3 Å². The van der Waals surface area contributed by atoms with Gasteiger partial charge in [-0.3, -0.25) is 9.78 Å². The summed E-state index contributed by atoms with van der Waals surface area (Å²) in [5, 5.41) is 22.8. The Bertz CT molecular complexity index is 884. The molecule has 0 spiro atoms. The van der Waals surface area contributed by atoms with Crippen molar-refractivity contribution in [1.82, 2.24) is 35.5 Å². The van der Waals surface area contributed by atoms with Gasteiger partial charge >= 0.3 is 0 Å². The highest BCUT2D eigenvalue weighted by Crippen LogP contribution is 2.18. The van der Waals surface area contributed by atoms with Crippen LogP contribution in [0.25, 0.3) is 0 Å². The molecule has 148 valence electrons. The molecule has 1 unspecified atom stereocenters. The molecule has 9 nitrogen and oxygen atoms in total. The molecule has 0 aliphatic heterocycles. The Kier molecular flexibility index (Phi) is 6.95. The lowest BCUT2D eigenvalue weighted by Crippen LogP contribution is -2.18. The van der Waals surface area contributed by atoms with Gasteiger partial charge in [-0.05, 0) is 24.5 Å². The molecule has 1 amide bonds. The number of aryl methyl sites for hydroxylation is 1. The molecule has 0 saturated heterocycles. The van der Waals surface area contributed by atoms with Crippen molar-refractivity contribution in [3.63, 3.8) is 0 Å². The molecule has 0 radical (unpaired) electrons. The van der Waals surface area contributed by atoms with Gasteiger partial charge < -0.3 is 10.6 Å². The molecule has 3 heterocycles. The number of nitrogens with one attached hydrogen (secondary N) is 2. The fourth-order valence-electron chi connectivity index (χ4n) is 2.48. The number of rotatable bonds is 10. The molecule has 0 fully saturated rings. The summed E-state index contributed by atoms with van der Waals surface area (Å²) >= 11 is 1.42. The van der Waals surface area contributed by atoms with Crippen molar-refractivity contribution in [3.05, 3.63) is 47.0 Å². The molecule has 0 aliphatic carbocycles. The Morgan fingerprint density at radius 2 is 2.21 bits per heavy atom. The van der Waals surface area contributed by atoms with E-state index in [1.165, 1.54) is 29.3 Å². The Balaban J connectivity index is 1.40. The highest BCUT2D eigenvalue weighted by atomic mass is 32.1. The second kappa shape index (κ2) is 9.83. The highest BCUT2D eigenvalue weighted by Gasteiger charge is 2.14. The molecule has 0 aliphatic rings. The number of carbonyl (C=O) groups is 1. The maximum atomic E-state index is 14.2. The summed E-state index contributed by atoms with van der Waals surface area (Å²) in [6, 6.07) is 3.93. The lowest BCUT2D eigenvalue weighted by atomic mass is 10.2. The highest BCUT2D eigenvalue weighted by molar-refractivity contribution is 7.15. The zero-order chi connectivity index (χ0) is 19.8. The number of carbonyl (C=O) groups excluding carboxylic acids is 1. The summed E-state index contributed by atoms with van der Waals surface area (Å²) in [6.45, 7) is 0.769. The molecule has 3 rings (SSSR count). The van der Waals surface area contributed by atoms with Crippen molar-refractivity contribution >= 4 is 22.4 Å². The lowest BCUT2D eigenvalue weighted by Gasteiger charge is -2.06. The number of anilines is 1. The minimum Gasteiger partial charge on any atom is -0.360 e. The van der Waals surface area contributed by atoms with Crippen molar-refractivity contribution < 1.29 is 9.18 Å². The van der Waals surface area contributed by atoms with Crippen LogP contribution in [0.15, 0.2) is 30.7 Å². The van der Waals surface area contributed by atoms with Crippen molar-refractivity contribution in [2.45, 2.75) is 32.0 Å². The molecule has 2 N–H and O–H groups in total. The predicted octanol–water partition coefficient (Wildman–Crippen LogP) is 1.51. The van der Waals surface area contributed by atoms with Crippen LogP contribution in [0.2, 0.25) is 0 Å². The Morgan fingerprint density at radius 3 is 3.00 bits per heavy atom. The normalized spacial score (nSPS) is 11.9. The number of pyridine rings is 1. The third kappa shape index (κ3) is 5.78. The van der Waals surface area contributed by atoms with E-state index in [-0.39, 0.29) is 18.1 Å². The lowest BCUT2D eigenvalue weighted by molar-refractivity contribution is 0.0958. The van der Waals surface area contributed by atoms with E-state index in [2.05, 4.69) is 36.1 Å². The van der Waals surface area contributed by atoms with Crippen LogP contribution in [-0.2, 0) is 19.4 Å². The topological polar surface area (TPSA) is 111 Å². The van der Waals surface area contributed by atoms with E-state index in [0.29, 0.717) is 12.8 Å². The van der Waals surface area contributed by atoms with Crippen molar-refractivity contribution in [1.29, 1.82) is 0 Å². The number of halogens is 1. The van der Waals surface area contributed by atoms with E-state index in [1.807, 2.05) is 18.3 Å². The monoisotopic (exact) mass is 404 g/mol.